The summed E-state index contributed by atoms with van der Waals surface area (Å²) >= 11 is 0.510. The largest absolute Gasteiger partial charge is 0.279 e. The van der Waals surface area contributed by atoms with Gasteiger partial charge < -0.3 is 0 Å². The molecule has 0 aliphatic rings. The number of rotatable bonds is 3. The second kappa shape index (κ2) is 4.66. The maximum absolute atomic E-state index is 13.3. The summed E-state index contributed by atoms with van der Waals surface area (Å²) in [6.45, 7) is 1.57. The van der Waals surface area contributed by atoms with Crippen molar-refractivity contribution in [2.24, 2.45) is 0 Å². The normalized spacial score (nSPS) is 11.5. The van der Waals surface area contributed by atoms with Gasteiger partial charge in [0.05, 0.1) is 5.69 Å². The monoisotopic (exact) mass is 289 g/mol. The van der Waals surface area contributed by atoms with Crippen molar-refractivity contribution in [1.82, 2.24) is 0 Å². The van der Waals surface area contributed by atoms with Crippen LogP contribution in [-0.4, -0.2) is 8.42 Å². The first-order chi connectivity index (χ1) is 8.38. The fourth-order valence-electron chi connectivity index (χ4n) is 1.30. The van der Waals surface area contributed by atoms with Crippen LogP contribution in [0, 0.1) is 17.9 Å². The van der Waals surface area contributed by atoms with Crippen LogP contribution in [0.5, 0.6) is 0 Å². The maximum atomic E-state index is 13.3. The third-order valence-corrected chi connectivity index (χ3v) is 4.98. The second-order valence-electron chi connectivity index (χ2n) is 3.63. The smallest absolute Gasteiger partial charge is 0.271 e. The molecular weight excluding hydrogens is 280 g/mol. The third-order valence-electron chi connectivity index (χ3n) is 2.24. The highest BCUT2D eigenvalue weighted by atomic mass is 32.2. The van der Waals surface area contributed by atoms with Gasteiger partial charge in [0, 0.05) is 0 Å². The van der Waals surface area contributed by atoms with Crippen LogP contribution in [0.3, 0.4) is 0 Å². The Labute approximate surface area is 107 Å². The molecule has 0 aliphatic heterocycles. The summed E-state index contributed by atoms with van der Waals surface area (Å²) in [5, 5.41) is -0.592. The molecule has 3 nitrogen and oxygen atoms in total. The van der Waals surface area contributed by atoms with Crippen LogP contribution in [0.15, 0.2) is 34.5 Å². The van der Waals surface area contributed by atoms with Gasteiger partial charge in [0.25, 0.3) is 10.0 Å². The summed E-state index contributed by atoms with van der Waals surface area (Å²) in [6.07, 6.45) is 0. The Bertz CT molecular complexity index is 680. The van der Waals surface area contributed by atoms with Crippen molar-refractivity contribution >= 4 is 27.0 Å². The molecule has 0 atom stereocenters. The highest BCUT2D eigenvalue weighted by Crippen LogP contribution is 2.23. The lowest BCUT2D eigenvalue weighted by atomic mass is 10.2. The molecule has 0 fully saturated rings. The molecule has 7 heteroatoms. The van der Waals surface area contributed by atoms with Crippen LogP contribution >= 0.6 is 11.3 Å². The zero-order chi connectivity index (χ0) is 13.3. The predicted octanol–water partition coefficient (Wildman–Crippen LogP) is 3.14. The fourth-order valence-corrected chi connectivity index (χ4v) is 3.36. The van der Waals surface area contributed by atoms with E-state index >= 15 is 0 Å². The first-order valence-corrected chi connectivity index (χ1v) is 7.23. The molecule has 1 aromatic carbocycles. The van der Waals surface area contributed by atoms with Gasteiger partial charge >= 0.3 is 0 Å². The summed E-state index contributed by atoms with van der Waals surface area (Å²) in [4.78, 5) is 0. The highest BCUT2D eigenvalue weighted by molar-refractivity contribution is 7.94. The van der Waals surface area contributed by atoms with Crippen molar-refractivity contribution in [3.05, 3.63) is 46.8 Å². The minimum atomic E-state index is -3.86. The molecule has 1 N–H and O–H groups in total. The molecule has 0 unspecified atom stereocenters. The lowest BCUT2D eigenvalue weighted by Crippen LogP contribution is -2.11. The molecule has 96 valence electrons. The van der Waals surface area contributed by atoms with Crippen molar-refractivity contribution < 1.29 is 17.2 Å². The quantitative estimate of drug-likeness (QED) is 0.943. The van der Waals surface area contributed by atoms with Crippen molar-refractivity contribution in [2.45, 2.75) is 11.1 Å². The van der Waals surface area contributed by atoms with Gasteiger partial charge in [0.15, 0.2) is 5.13 Å². The van der Waals surface area contributed by atoms with E-state index in [2.05, 4.69) is 4.72 Å². The molecule has 2 rings (SSSR count). The number of benzene rings is 1. The SMILES string of the molecule is Cc1ccc(NS(=O)(=O)c2ccc(F)s2)cc1F. The van der Waals surface area contributed by atoms with Gasteiger partial charge in [-0.2, -0.15) is 4.39 Å². The van der Waals surface area contributed by atoms with E-state index in [1.54, 1.807) is 6.92 Å². The molecule has 0 spiro atoms. The molecule has 0 saturated carbocycles. The first-order valence-electron chi connectivity index (χ1n) is 4.93. The Morgan fingerprint density at radius 3 is 2.44 bits per heavy atom. The zero-order valence-electron chi connectivity index (χ0n) is 9.28. The van der Waals surface area contributed by atoms with Crippen LogP contribution in [0.1, 0.15) is 5.56 Å². The highest BCUT2D eigenvalue weighted by Gasteiger charge is 2.17. The molecular formula is C11H9F2NO2S2. The van der Waals surface area contributed by atoms with Crippen LogP contribution in [0.2, 0.25) is 0 Å². The van der Waals surface area contributed by atoms with E-state index in [0.29, 0.717) is 16.9 Å². The summed E-state index contributed by atoms with van der Waals surface area (Å²) in [7, 11) is -3.86. The molecule has 0 bridgehead atoms. The zero-order valence-corrected chi connectivity index (χ0v) is 10.9. The van der Waals surface area contributed by atoms with Gasteiger partial charge in [-0.3, -0.25) is 4.72 Å². The molecule has 0 saturated heterocycles. The average Bonchev–Trinajstić information content (AvgIpc) is 2.71. The van der Waals surface area contributed by atoms with E-state index in [0.717, 1.165) is 18.2 Å². The van der Waals surface area contributed by atoms with E-state index in [1.165, 1.54) is 12.1 Å². The van der Waals surface area contributed by atoms with Crippen molar-refractivity contribution in [1.29, 1.82) is 0 Å². The third kappa shape index (κ3) is 2.68. The number of thiophene rings is 1. The van der Waals surface area contributed by atoms with Crippen molar-refractivity contribution in [3.63, 3.8) is 0 Å². The Kier molecular flexibility index (Phi) is 3.36. The number of anilines is 1. The van der Waals surface area contributed by atoms with Crippen LogP contribution in [0.25, 0.3) is 0 Å². The van der Waals surface area contributed by atoms with E-state index in [4.69, 9.17) is 0 Å². The number of aryl methyl sites for hydroxylation is 1. The molecule has 0 amide bonds. The minimum absolute atomic E-state index is 0.104. The Morgan fingerprint density at radius 1 is 1.17 bits per heavy atom. The van der Waals surface area contributed by atoms with Crippen LogP contribution in [-0.2, 0) is 10.0 Å². The topological polar surface area (TPSA) is 46.2 Å². The summed E-state index contributed by atoms with van der Waals surface area (Å²) in [6, 6.07) is 6.21. The molecule has 18 heavy (non-hydrogen) atoms. The lowest BCUT2D eigenvalue weighted by Gasteiger charge is -2.06. The van der Waals surface area contributed by atoms with Gasteiger partial charge in [-0.15, -0.1) is 0 Å². The first kappa shape index (κ1) is 13.0. The van der Waals surface area contributed by atoms with E-state index in [1.807, 2.05) is 0 Å². The Balaban J connectivity index is 2.30. The lowest BCUT2D eigenvalue weighted by molar-refractivity contribution is 0.602. The number of nitrogens with one attached hydrogen (secondary N) is 1. The Morgan fingerprint density at radius 2 is 1.89 bits per heavy atom. The molecule has 1 aromatic heterocycles. The second-order valence-corrected chi connectivity index (χ2v) is 6.57. The summed E-state index contributed by atoms with van der Waals surface area (Å²) in [5.41, 5.74) is 0.520. The summed E-state index contributed by atoms with van der Waals surface area (Å²) < 4.78 is 51.7. The number of hydrogen-bond acceptors (Lipinski definition) is 3. The van der Waals surface area contributed by atoms with Gasteiger partial charge in [-0.05, 0) is 36.8 Å². The van der Waals surface area contributed by atoms with Gasteiger partial charge in [-0.25, -0.2) is 12.8 Å². The number of sulfonamides is 1. The maximum Gasteiger partial charge on any atom is 0.271 e. The molecule has 2 aromatic rings. The van der Waals surface area contributed by atoms with E-state index in [-0.39, 0.29) is 9.90 Å². The minimum Gasteiger partial charge on any atom is -0.279 e. The van der Waals surface area contributed by atoms with Gasteiger partial charge in [-0.1, -0.05) is 17.4 Å². The Hall–Kier alpha value is -1.47. The molecule has 1 heterocycles. The summed E-state index contributed by atoms with van der Waals surface area (Å²) in [5.74, 6) is -0.507. The number of halogens is 2. The average molecular weight is 289 g/mol. The van der Waals surface area contributed by atoms with Crippen LogP contribution in [0.4, 0.5) is 14.5 Å². The van der Waals surface area contributed by atoms with E-state index in [9.17, 15) is 17.2 Å². The van der Waals surface area contributed by atoms with Crippen molar-refractivity contribution in [2.75, 3.05) is 4.72 Å². The van der Waals surface area contributed by atoms with Gasteiger partial charge in [0.2, 0.25) is 0 Å². The van der Waals surface area contributed by atoms with Crippen LogP contribution < -0.4 is 4.72 Å². The molecule has 0 aliphatic carbocycles. The van der Waals surface area contributed by atoms with E-state index < -0.39 is 21.0 Å². The van der Waals surface area contributed by atoms with Gasteiger partial charge in [0.1, 0.15) is 10.0 Å². The van der Waals surface area contributed by atoms with Crippen molar-refractivity contribution in [3.8, 4) is 0 Å². The standard InChI is InChI=1S/C11H9F2NO2S2/c1-7-2-3-8(6-9(7)12)14-18(15,16)11-5-4-10(13)17-11/h2-6,14H,1H3. The fraction of sp³-hybridized carbons (Fsp3) is 0.0909. The number of hydrogen-bond donors (Lipinski definition) is 1. The molecule has 0 radical (unpaired) electrons. The predicted molar refractivity (Wildman–Crippen MR) is 66.2 cm³/mol.